The van der Waals surface area contributed by atoms with Crippen LogP contribution in [0.2, 0.25) is 0 Å². The first-order valence-corrected chi connectivity index (χ1v) is 12.1. The highest BCUT2D eigenvalue weighted by Crippen LogP contribution is 2.35. The molecule has 1 aliphatic heterocycles. The summed E-state index contributed by atoms with van der Waals surface area (Å²) in [6, 6.07) is 9.52. The summed E-state index contributed by atoms with van der Waals surface area (Å²) in [5, 5.41) is 6.67. The number of imide groups is 1. The van der Waals surface area contributed by atoms with Gasteiger partial charge in [0.15, 0.2) is 5.13 Å². The fourth-order valence-corrected chi connectivity index (χ4v) is 5.13. The van der Waals surface area contributed by atoms with Gasteiger partial charge in [0.1, 0.15) is 11.6 Å². The Morgan fingerprint density at radius 1 is 1.21 bits per heavy atom. The fraction of sp³-hybridized carbons (Fsp3) is 0.375. The second-order valence-corrected chi connectivity index (χ2v) is 9.48. The Bertz CT molecular complexity index is 1180. The van der Waals surface area contributed by atoms with Gasteiger partial charge >= 0.3 is 6.03 Å². The van der Waals surface area contributed by atoms with Crippen molar-refractivity contribution in [2.24, 2.45) is 5.92 Å². The number of anilines is 3. The molecule has 0 saturated carbocycles. The third kappa shape index (κ3) is 5.17. The van der Waals surface area contributed by atoms with E-state index in [0.29, 0.717) is 19.4 Å². The zero-order chi connectivity index (χ0) is 24.2. The molecule has 3 aromatic heterocycles. The van der Waals surface area contributed by atoms with Crippen molar-refractivity contribution < 1.29 is 9.59 Å². The molecule has 0 aromatic carbocycles. The average molecular weight is 480 g/mol. The normalized spacial score (nSPS) is 17.8. The van der Waals surface area contributed by atoms with Crippen molar-refractivity contribution in [3.05, 3.63) is 48.3 Å². The van der Waals surface area contributed by atoms with Crippen LogP contribution in [0.1, 0.15) is 25.3 Å². The van der Waals surface area contributed by atoms with Gasteiger partial charge in [-0.2, -0.15) is 0 Å². The van der Waals surface area contributed by atoms with E-state index in [1.54, 1.807) is 17.5 Å². The van der Waals surface area contributed by atoms with Gasteiger partial charge in [-0.05, 0) is 56.5 Å². The van der Waals surface area contributed by atoms with Gasteiger partial charge in [0, 0.05) is 45.0 Å². The SMILES string of the molecule is CNC(=O)N(C)C(=O)C1CCN(c2ncc(-c3cccc(Nc4cc(C)ccn4)n3)s2)C(C)C1. The number of urea groups is 1. The summed E-state index contributed by atoms with van der Waals surface area (Å²) in [5.74, 6) is 1.16. The van der Waals surface area contributed by atoms with E-state index < -0.39 is 0 Å². The minimum absolute atomic E-state index is 0.133. The first kappa shape index (κ1) is 23.6. The summed E-state index contributed by atoms with van der Waals surface area (Å²) in [7, 11) is 3.05. The summed E-state index contributed by atoms with van der Waals surface area (Å²) in [4.78, 5) is 42.6. The number of rotatable bonds is 5. The Balaban J connectivity index is 1.44. The molecule has 10 heteroatoms. The number of aromatic nitrogens is 3. The first-order chi connectivity index (χ1) is 16.4. The Morgan fingerprint density at radius 3 is 2.76 bits per heavy atom. The zero-order valence-electron chi connectivity index (χ0n) is 19.8. The monoisotopic (exact) mass is 479 g/mol. The predicted molar refractivity (Wildman–Crippen MR) is 134 cm³/mol. The number of nitrogens with zero attached hydrogens (tertiary/aromatic N) is 5. The summed E-state index contributed by atoms with van der Waals surface area (Å²) in [6.07, 6.45) is 4.97. The van der Waals surface area contributed by atoms with Gasteiger partial charge in [0.2, 0.25) is 5.91 Å². The minimum Gasteiger partial charge on any atom is -0.345 e. The molecule has 3 aromatic rings. The molecule has 178 valence electrons. The number of piperidine rings is 1. The second kappa shape index (κ2) is 10.2. The van der Waals surface area contributed by atoms with Crippen molar-refractivity contribution in [1.82, 2.24) is 25.2 Å². The molecule has 0 spiro atoms. The topological polar surface area (TPSA) is 103 Å². The van der Waals surface area contributed by atoms with E-state index in [9.17, 15) is 9.59 Å². The quantitative estimate of drug-likeness (QED) is 0.569. The van der Waals surface area contributed by atoms with Crippen LogP contribution in [0, 0.1) is 12.8 Å². The van der Waals surface area contributed by atoms with Crippen molar-refractivity contribution in [2.75, 3.05) is 30.9 Å². The van der Waals surface area contributed by atoms with Gasteiger partial charge in [-0.1, -0.05) is 17.4 Å². The molecule has 1 aliphatic rings. The largest absolute Gasteiger partial charge is 0.345 e. The summed E-state index contributed by atoms with van der Waals surface area (Å²) >= 11 is 1.59. The van der Waals surface area contributed by atoms with Crippen LogP contribution in [0.25, 0.3) is 10.6 Å². The highest BCUT2D eigenvalue weighted by Gasteiger charge is 2.34. The molecule has 0 aliphatic carbocycles. The van der Waals surface area contributed by atoms with Crippen LogP contribution in [0.3, 0.4) is 0 Å². The van der Waals surface area contributed by atoms with Gasteiger partial charge < -0.3 is 15.5 Å². The molecule has 34 heavy (non-hydrogen) atoms. The van der Waals surface area contributed by atoms with E-state index in [4.69, 9.17) is 4.98 Å². The smallest absolute Gasteiger partial charge is 0.323 e. The van der Waals surface area contributed by atoms with Gasteiger partial charge in [0.25, 0.3) is 0 Å². The number of thiazole rings is 1. The van der Waals surface area contributed by atoms with E-state index in [1.165, 1.54) is 19.0 Å². The third-order valence-electron chi connectivity index (χ3n) is 5.99. The molecule has 4 heterocycles. The van der Waals surface area contributed by atoms with E-state index in [-0.39, 0.29) is 23.9 Å². The molecule has 3 amide bonds. The Hall–Kier alpha value is -3.53. The maximum absolute atomic E-state index is 12.7. The number of carbonyl (C=O) groups is 2. The molecule has 0 bridgehead atoms. The summed E-state index contributed by atoms with van der Waals surface area (Å²) in [5.41, 5.74) is 1.96. The van der Waals surface area contributed by atoms with Gasteiger partial charge in [-0.15, -0.1) is 0 Å². The van der Waals surface area contributed by atoms with Crippen LogP contribution in [0.15, 0.2) is 42.7 Å². The Labute approximate surface area is 203 Å². The van der Waals surface area contributed by atoms with Crippen molar-refractivity contribution in [3.63, 3.8) is 0 Å². The van der Waals surface area contributed by atoms with Crippen molar-refractivity contribution in [2.45, 2.75) is 32.7 Å². The number of hydrogen-bond acceptors (Lipinski definition) is 8. The van der Waals surface area contributed by atoms with Crippen LogP contribution < -0.4 is 15.5 Å². The third-order valence-corrected chi connectivity index (χ3v) is 7.04. The number of aryl methyl sites for hydroxylation is 1. The maximum atomic E-state index is 12.7. The molecule has 1 saturated heterocycles. The van der Waals surface area contributed by atoms with Crippen molar-refractivity contribution in [3.8, 4) is 10.6 Å². The fourth-order valence-electron chi connectivity index (χ4n) is 4.12. The second-order valence-electron chi connectivity index (χ2n) is 8.47. The van der Waals surface area contributed by atoms with E-state index in [0.717, 1.165) is 32.9 Å². The Morgan fingerprint density at radius 2 is 2.03 bits per heavy atom. The van der Waals surface area contributed by atoms with E-state index in [2.05, 4.69) is 32.4 Å². The van der Waals surface area contributed by atoms with Crippen molar-refractivity contribution >= 4 is 40.0 Å². The molecular weight excluding hydrogens is 450 g/mol. The minimum atomic E-state index is -0.382. The van der Waals surface area contributed by atoms with Crippen LogP contribution in [-0.4, -0.2) is 58.5 Å². The van der Waals surface area contributed by atoms with Gasteiger partial charge in [-0.3, -0.25) is 9.69 Å². The van der Waals surface area contributed by atoms with Crippen LogP contribution in [0.4, 0.5) is 21.6 Å². The lowest BCUT2D eigenvalue weighted by molar-refractivity contribution is -0.132. The number of nitrogens with one attached hydrogen (secondary N) is 2. The maximum Gasteiger partial charge on any atom is 0.323 e. The lowest BCUT2D eigenvalue weighted by Gasteiger charge is -2.37. The molecule has 2 unspecified atom stereocenters. The molecule has 1 fully saturated rings. The first-order valence-electron chi connectivity index (χ1n) is 11.2. The van der Waals surface area contributed by atoms with Crippen LogP contribution in [-0.2, 0) is 4.79 Å². The number of hydrogen-bond donors (Lipinski definition) is 2. The molecule has 0 radical (unpaired) electrons. The Kier molecular flexibility index (Phi) is 7.06. The molecule has 2 atom stereocenters. The highest BCUT2D eigenvalue weighted by atomic mass is 32.1. The molecule has 4 rings (SSSR count). The summed E-state index contributed by atoms with van der Waals surface area (Å²) < 4.78 is 0. The van der Waals surface area contributed by atoms with E-state index in [1.807, 2.05) is 43.5 Å². The number of amides is 3. The number of pyridine rings is 2. The predicted octanol–water partition coefficient (Wildman–Crippen LogP) is 4.05. The lowest BCUT2D eigenvalue weighted by atomic mass is 9.91. The van der Waals surface area contributed by atoms with Gasteiger partial charge in [-0.25, -0.2) is 19.7 Å². The van der Waals surface area contributed by atoms with Crippen LogP contribution >= 0.6 is 11.3 Å². The lowest BCUT2D eigenvalue weighted by Crippen LogP contribution is -2.48. The summed E-state index contributed by atoms with van der Waals surface area (Å²) in [6.45, 7) is 4.83. The van der Waals surface area contributed by atoms with Crippen LogP contribution in [0.5, 0.6) is 0 Å². The van der Waals surface area contributed by atoms with Gasteiger partial charge in [0.05, 0.1) is 10.6 Å². The standard InChI is InChI=1S/C24H29N7O2S/c1-15-8-10-26-21(12-15)29-20-7-5-6-18(28-20)19-14-27-24(34-19)31-11-9-17(13-16(31)2)22(32)30(4)23(33)25-3/h5-8,10,12,14,16-17H,9,11,13H2,1-4H3,(H,25,33)(H,26,28,29). The molecule has 9 nitrogen and oxygen atoms in total. The number of carbonyl (C=O) groups excluding carboxylic acids is 2. The molecular formula is C24H29N7O2S. The highest BCUT2D eigenvalue weighted by molar-refractivity contribution is 7.18. The zero-order valence-corrected chi connectivity index (χ0v) is 20.6. The van der Waals surface area contributed by atoms with Crippen molar-refractivity contribution in [1.29, 1.82) is 0 Å². The average Bonchev–Trinajstić information content (AvgIpc) is 3.33. The molecule has 2 N–H and O–H groups in total. The van der Waals surface area contributed by atoms with E-state index >= 15 is 0 Å².